The van der Waals surface area contributed by atoms with Crippen molar-refractivity contribution in [2.24, 2.45) is 0 Å². The summed E-state index contributed by atoms with van der Waals surface area (Å²) in [7, 11) is 3.22. The van der Waals surface area contributed by atoms with Crippen LogP contribution in [0, 0.1) is 0 Å². The van der Waals surface area contributed by atoms with E-state index in [1.54, 1.807) is 19.1 Å². The van der Waals surface area contributed by atoms with Gasteiger partial charge in [-0.2, -0.15) is 13.2 Å². The van der Waals surface area contributed by atoms with Gasteiger partial charge in [-0.25, -0.2) is 0 Å². The minimum Gasteiger partial charge on any atom is -0.496 e. The first kappa shape index (κ1) is 18.1. The second-order valence-corrected chi connectivity index (χ2v) is 6.02. The number of halogens is 3. The van der Waals surface area contributed by atoms with E-state index >= 15 is 0 Å². The number of hydrogen-bond donors (Lipinski definition) is 1. The van der Waals surface area contributed by atoms with E-state index in [-0.39, 0.29) is 28.5 Å². The standard InChI is InChI=1S/C14H20F3NO2S/c1-10(19)6-7-18(2)9-11-4-5-12(20-3)13(8-11)21-14(15,16)17/h4-5,8,10,19H,6-7,9H2,1-3H3. The Kier molecular flexibility index (Phi) is 6.83. The van der Waals surface area contributed by atoms with Crippen LogP contribution >= 0.6 is 11.8 Å². The third kappa shape index (κ3) is 7.06. The van der Waals surface area contributed by atoms with Gasteiger partial charge in [0.2, 0.25) is 0 Å². The fourth-order valence-corrected chi connectivity index (χ4v) is 2.53. The summed E-state index contributed by atoms with van der Waals surface area (Å²) in [6, 6.07) is 4.79. The maximum Gasteiger partial charge on any atom is 0.446 e. The molecular formula is C14H20F3NO2S. The Hall–Kier alpha value is -0.920. The molecular weight excluding hydrogens is 303 g/mol. The molecule has 0 heterocycles. The molecule has 0 aliphatic rings. The number of alkyl halides is 3. The molecule has 21 heavy (non-hydrogen) atoms. The number of methoxy groups -OCH3 is 1. The maximum atomic E-state index is 12.5. The number of aliphatic hydroxyl groups is 1. The van der Waals surface area contributed by atoms with Crippen molar-refractivity contribution in [2.45, 2.75) is 36.4 Å². The summed E-state index contributed by atoms with van der Waals surface area (Å²) in [5.74, 6) is 0.215. The van der Waals surface area contributed by atoms with Gasteiger partial charge in [0.15, 0.2) is 0 Å². The predicted molar refractivity (Wildman–Crippen MR) is 77.5 cm³/mol. The van der Waals surface area contributed by atoms with E-state index in [0.29, 0.717) is 19.5 Å². The van der Waals surface area contributed by atoms with Gasteiger partial charge in [-0.05, 0) is 49.9 Å². The first-order valence-corrected chi connectivity index (χ1v) is 7.32. The Labute approximate surface area is 127 Å². The van der Waals surface area contributed by atoms with Gasteiger partial charge in [0.1, 0.15) is 5.75 Å². The Morgan fingerprint density at radius 3 is 2.57 bits per heavy atom. The highest BCUT2D eigenvalue weighted by Crippen LogP contribution is 2.41. The average Bonchev–Trinajstić information content (AvgIpc) is 2.35. The van der Waals surface area contributed by atoms with Crippen molar-refractivity contribution in [2.75, 3.05) is 20.7 Å². The molecule has 0 bridgehead atoms. The number of benzene rings is 1. The summed E-state index contributed by atoms with van der Waals surface area (Å²) < 4.78 is 42.6. The molecule has 1 unspecified atom stereocenters. The minimum absolute atomic E-state index is 0.0615. The molecule has 0 aliphatic carbocycles. The normalized spacial score (nSPS) is 13.5. The first-order chi connectivity index (χ1) is 9.71. The second kappa shape index (κ2) is 7.91. The molecule has 3 nitrogen and oxygen atoms in total. The van der Waals surface area contributed by atoms with Crippen molar-refractivity contribution in [3.63, 3.8) is 0 Å². The van der Waals surface area contributed by atoms with Crippen LogP contribution in [0.1, 0.15) is 18.9 Å². The summed E-state index contributed by atoms with van der Waals surface area (Å²) in [4.78, 5) is 2.02. The van der Waals surface area contributed by atoms with Crippen LogP contribution in [-0.4, -0.2) is 42.3 Å². The Bertz CT molecular complexity index is 452. The van der Waals surface area contributed by atoms with Crippen LogP contribution in [0.2, 0.25) is 0 Å². The largest absolute Gasteiger partial charge is 0.496 e. The molecule has 1 atom stereocenters. The Morgan fingerprint density at radius 2 is 2.05 bits per heavy atom. The van der Waals surface area contributed by atoms with E-state index in [0.717, 1.165) is 5.56 Å². The van der Waals surface area contributed by atoms with E-state index in [4.69, 9.17) is 4.74 Å². The molecule has 0 aliphatic heterocycles. The van der Waals surface area contributed by atoms with E-state index in [1.165, 1.54) is 13.2 Å². The van der Waals surface area contributed by atoms with Crippen molar-refractivity contribution >= 4 is 11.8 Å². The zero-order valence-corrected chi connectivity index (χ0v) is 13.1. The van der Waals surface area contributed by atoms with Gasteiger partial charge in [-0.15, -0.1) is 0 Å². The molecule has 7 heteroatoms. The lowest BCUT2D eigenvalue weighted by atomic mass is 10.2. The van der Waals surface area contributed by atoms with Gasteiger partial charge in [0.05, 0.1) is 18.1 Å². The number of ether oxygens (including phenoxy) is 1. The van der Waals surface area contributed by atoms with Crippen molar-refractivity contribution in [1.82, 2.24) is 4.90 Å². The molecule has 0 radical (unpaired) electrons. The molecule has 1 aromatic rings. The van der Waals surface area contributed by atoms with E-state index in [1.807, 2.05) is 11.9 Å². The van der Waals surface area contributed by atoms with Crippen LogP contribution in [0.15, 0.2) is 23.1 Å². The number of hydrogen-bond acceptors (Lipinski definition) is 4. The van der Waals surface area contributed by atoms with Gasteiger partial charge in [-0.3, -0.25) is 0 Å². The lowest BCUT2D eigenvalue weighted by Crippen LogP contribution is -2.22. The second-order valence-electron chi connectivity index (χ2n) is 4.91. The molecule has 0 fully saturated rings. The molecule has 0 saturated carbocycles. The lowest BCUT2D eigenvalue weighted by Gasteiger charge is -2.19. The third-order valence-electron chi connectivity index (χ3n) is 2.83. The van der Waals surface area contributed by atoms with Crippen LogP contribution in [-0.2, 0) is 6.54 Å². The first-order valence-electron chi connectivity index (χ1n) is 6.50. The number of aliphatic hydroxyl groups excluding tert-OH is 1. The fourth-order valence-electron chi connectivity index (χ4n) is 1.82. The summed E-state index contributed by atoms with van der Waals surface area (Å²) >= 11 is -0.172. The highest BCUT2D eigenvalue weighted by atomic mass is 32.2. The molecule has 1 N–H and O–H groups in total. The average molecular weight is 323 g/mol. The summed E-state index contributed by atoms with van der Waals surface area (Å²) in [5.41, 5.74) is -3.57. The van der Waals surface area contributed by atoms with Gasteiger partial charge >= 0.3 is 5.51 Å². The SMILES string of the molecule is COc1ccc(CN(C)CCC(C)O)cc1SC(F)(F)F. The highest BCUT2D eigenvalue weighted by molar-refractivity contribution is 8.00. The molecule has 0 saturated heterocycles. The fraction of sp³-hybridized carbons (Fsp3) is 0.571. The third-order valence-corrected chi connectivity index (χ3v) is 3.61. The topological polar surface area (TPSA) is 32.7 Å². The van der Waals surface area contributed by atoms with Crippen LogP contribution < -0.4 is 4.74 Å². The monoisotopic (exact) mass is 323 g/mol. The molecule has 1 aromatic carbocycles. The number of nitrogens with zero attached hydrogens (tertiary/aromatic N) is 1. The Balaban J connectivity index is 2.77. The number of thioether (sulfide) groups is 1. The van der Waals surface area contributed by atoms with Crippen LogP contribution in [0.5, 0.6) is 5.75 Å². The zero-order valence-electron chi connectivity index (χ0n) is 12.3. The van der Waals surface area contributed by atoms with Gasteiger partial charge in [0.25, 0.3) is 0 Å². The van der Waals surface area contributed by atoms with E-state index < -0.39 is 5.51 Å². The van der Waals surface area contributed by atoms with Gasteiger partial charge < -0.3 is 14.7 Å². The molecule has 0 spiro atoms. The van der Waals surface area contributed by atoms with Crippen LogP contribution in [0.25, 0.3) is 0 Å². The smallest absolute Gasteiger partial charge is 0.446 e. The highest BCUT2D eigenvalue weighted by Gasteiger charge is 2.31. The number of rotatable bonds is 7. The zero-order chi connectivity index (χ0) is 16.0. The van der Waals surface area contributed by atoms with Crippen molar-refractivity contribution in [3.8, 4) is 5.75 Å². The van der Waals surface area contributed by atoms with E-state index in [2.05, 4.69) is 0 Å². The predicted octanol–water partition coefficient (Wildman–Crippen LogP) is 3.51. The van der Waals surface area contributed by atoms with Crippen molar-refractivity contribution < 1.29 is 23.0 Å². The molecule has 120 valence electrons. The molecule has 1 rings (SSSR count). The summed E-state index contributed by atoms with van der Waals surface area (Å²) in [6.45, 7) is 2.90. The summed E-state index contributed by atoms with van der Waals surface area (Å²) in [5, 5.41) is 9.24. The Morgan fingerprint density at radius 1 is 1.38 bits per heavy atom. The lowest BCUT2D eigenvalue weighted by molar-refractivity contribution is -0.0328. The summed E-state index contributed by atoms with van der Waals surface area (Å²) in [6.07, 6.45) is 0.233. The van der Waals surface area contributed by atoms with Crippen molar-refractivity contribution in [1.29, 1.82) is 0 Å². The van der Waals surface area contributed by atoms with E-state index in [9.17, 15) is 18.3 Å². The van der Waals surface area contributed by atoms with Crippen LogP contribution in [0.4, 0.5) is 13.2 Å². The maximum absolute atomic E-state index is 12.5. The molecule has 0 aromatic heterocycles. The van der Waals surface area contributed by atoms with Gasteiger partial charge in [-0.1, -0.05) is 6.07 Å². The van der Waals surface area contributed by atoms with Crippen LogP contribution in [0.3, 0.4) is 0 Å². The quantitative estimate of drug-likeness (QED) is 0.779. The van der Waals surface area contributed by atoms with Gasteiger partial charge in [0, 0.05) is 13.1 Å². The van der Waals surface area contributed by atoms with Crippen molar-refractivity contribution in [3.05, 3.63) is 23.8 Å². The minimum atomic E-state index is -4.34. The molecule has 0 amide bonds.